The lowest BCUT2D eigenvalue weighted by Crippen LogP contribution is -2.17. The first-order valence-corrected chi connectivity index (χ1v) is 5.54. The highest BCUT2D eigenvalue weighted by atomic mass is 35.5. The van der Waals surface area contributed by atoms with E-state index in [1.54, 1.807) is 0 Å². The monoisotopic (exact) mass is 266 g/mol. The molecule has 0 N–H and O–H groups in total. The quantitative estimate of drug-likeness (QED) is 0.783. The Hall–Kier alpha value is -1.04. The highest BCUT2D eigenvalue weighted by molar-refractivity contribution is 6.32. The molecule has 1 atom stereocenters. The molecule has 7 heteroatoms. The van der Waals surface area contributed by atoms with Crippen molar-refractivity contribution in [1.82, 2.24) is 9.78 Å². The summed E-state index contributed by atoms with van der Waals surface area (Å²) < 4.78 is 38.9. The van der Waals surface area contributed by atoms with Gasteiger partial charge in [0.25, 0.3) is 0 Å². The van der Waals surface area contributed by atoms with E-state index >= 15 is 0 Å². The molecule has 1 aliphatic rings. The average molecular weight is 267 g/mol. The van der Waals surface area contributed by atoms with E-state index < -0.39 is 22.9 Å². The second-order valence-electron chi connectivity index (χ2n) is 4.06. The summed E-state index contributed by atoms with van der Waals surface area (Å²) in [6.07, 6.45) is -2.99. The zero-order chi connectivity index (χ0) is 12.8. The minimum Gasteiger partial charge on any atom is -0.297 e. The zero-order valence-corrected chi connectivity index (χ0v) is 9.77. The zero-order valence-electron chi connectivity index (χ0n) is 9.01. The molecule has 0 radical (unpaired) electrons. The fourth-order valence-corrected chi connectivity index (χ4v) is 2.27. The first kappa shape index (κ1) is 12.4. The lowest BCUT2D eigenvalue weighted by atomic mass is 10.2. The van der Waals surface area contributed by atoms with E-state index in [-0.39, 0.29) is 11.5 Å². The van der Waals surface area contributed by atoms with Crippen LogP contribution in [0.5, 0.6) is 0 Å². The first-order chi connectivity index (χ1) is 7.82. The third-order valence-electron chi connectivity index (χ3n) is 2.91. The van der Waals surface area contributed by atoms with Crippen LogP contribution in [-0.4, -0.2) is 15.6 Å². The fourth-order valence-electron chi connectivity index (χ4n) is 2.04. The van der Waals surface area contributed by atoms with Crippen LogP contribution in [-0.2, 0) is 11.0 Å². The molecule has 94 valence electrons. The molecule has 2 rings (SSSR count). The smallest absolute Gasteiger partial charge is 0.297 e. The number of halogens is 4. The van der Waals surface area contributed by atoms with Gasteiger partial charge in [-0.2, -0.15) is 18.3 Å². The van der Waals surface area contributed by atoms with Crippen LogP contribution in [0.25, 0.3) is 0 Å². The maximum Gasteiger partial charge on any atom is 0.436 e. The van der Waals surface area contributed by atoms with E-state index in [4.69, 9.17) is 11.6 Å². The van der Waals surface area contributed by atoms with Crippen molar-refractivity contribution >= 4 is 17.4 Å². The van der Waals surface area contributed by atoms with E-state index in [9.17, 15) is 18.0 Å². The molecular weight excluding hydrogens is 257 g/mol. The molecule has 0 saturated heterocycles. The van der Waals surface area contributed by atoms with Gasteiger partial charge in [0.05, 0.1) is 10.7 Å². The van der Waals surface area contributed by atoms with Gasteiger partial charge in [-0.05, 0) is 19.8 Å². The molecule has 1 aromatic rings. The van der Waals surface area contributed by atoms with Crippen molar-refractivity contribution in [2.75, 3.05) is 0 Å². The molecule has 1 heterocycles. The summed E-state index contributed by atoms with van der Waals surface area (Å²) in [5.41, 5.74) is -0.921. The Bertz CT molecular complexity index is 467. The van der Waals surface area contributed by atoms with Crippen LogP contribution in [0.4, 0.5) is 13.2 Å². The standard InChI is InChI=1S/C10H10ClF3N2O/c1-5-8(11)9(10(12,13)14)15-16(5)6-3-2-4-7(6)17/h6H,2-4H2,1H3. The summed E-state index contributed by atoms with van der Waals surface area (Å²) in [7, 11) is 0. The average Bonchev–Trinajstić information content (AvgIpc) is 2.73. The van der Waals surface area contributed by atoms with Crippen molar-refractivity contribution in [1.29, 1.82) is 0 Å². The Morgan fingerprint density at radius 2 is 2.12 bits per heavy atom. The molecule has 0 aliphatic heterocycles. The van der Waals surface area contributed by atoms with Crippen LogP contribution in [0, 0.1) is 6.92 Å². The maximum atomic E-state index is 12.6. The third-order valence-corrected chi connectivity index (χ3v) is 3.37. The normalized spacial score (nSPS) is 21.2. The minimum atomic E-state index is -4.59. The number of Topliss-reactive ketones (excluding diaryl/α,β-unsaturated/α-hetero) is 1. The molecule has 0 aromatic carbocycles. The number of nitrogens with zero attached hydrogens (tertiary/aromatic N) is 2. The maximum absolute atomic E-state index is 12.6. The summed E-state index contributed by atoms with van der Waals surface area (Å²) in [5.74, 6) is -0.0824. The molecule has 1 saturated carbocycles. The molecule has 1 aliphatic carbocycles. The number of aromatic nitrogens is 2. The topological polar surface area (TPSA) is 34.9 Å². The third kappa shape index (κ3) is 2.06. The van der Waals surface area contributed by atoms with Gasteiger partial charge in [-0.25, -0.2) is 0 Å². The van der Waals surface area contributed by atoms with Gasteiger partial charge in [-0.15, -0.1) is 0 Å². The Balaban J connectivity index is 2.46. The molecular formula is C10H10ClF3N2O. The molecule has 1 aromatic heterocycles. The highest BCUT2D eigenvalue weighted by Crippen LogP contribution is 2.37. The minimum absolute atomic E-state index is 0.0824. The molecule has 0 amide bonds. The summed E-state index contributed by atoms with van der Waals surface area (Å²) in [6.45, 7) is 1.44. The van der Waals surface area contributed by atoms with Crippen molar-refractivity contribution in [2.45, 2.75) is 38.4 Å². The van der Waals surface area contributed by atoms with Crippen LogP contribution in [0.3, 0.4) is 0 Å². The van der Waals surface area contributed by atoms with Gasteiger partial charge >= 0.3 is 6.18 Å². The van der Waals surface area contributed by atoms with Crippen molar-refractivity contribution in [3.63, 3.8) is 0 Å². The van der Waals surface area contributed by atoms with Crippen molar-refractivity contribution in [2.24, 2.45) is 0 Å². The van der Waals surface area contributed by atoms with Crippen LogP contribution >= 0.6 is 11.6 Å². The van der Waals surface area contributed by atoms with Crippen molar-refractivity contribution < 1.29 is 18.0 Å². The molecule has 0 bridgehead atoms. The predicted molar refractivity (Wildman–Crippen MR) is 54.9 cm³/mol. The van der Waals surface area contributed by atoms with Crippen molar-refractivity contribution in [3.8, 4) is 0 Å². The van der Waals surface area contributed by atoms with Crippen molar-refractivity contribution in [3.05, 3.63) is 16.4 Å². The predicted octanol–water partition coefficient (Wildman–Crippen LogP) is 3.16. The van der Waals surface area contributed by atoms with Crippen LogP contribution < -0.4 is 0 Å². The molecule has 1 unspecified atom stereocenters. The number of alkyl halides is 3. The van der Waals surface area contributed by atoms with Crippen LogP contribution in [0.15, 0.2) is 0 Å². The lowest BCUT2D eigenvalue weighted by molar-refractivity contribution is -0.141. The van der Waals surface area contributed by atoms with E-state index in [0.29, 0.717) is 19.3 Å². The number of ketones is 1. The van der Waals surface area contributed by atoms with Gasteiger partial charge < -0.3 is 0 Å². The second kappa shape index (κ2) is 4.01. The van der Waals surface area contributed by atoms with Gasteiger partial charge in [0.1, 0.15) is 6.04 Å². The highest BCUT2D eigenvalue weighted by Gasteiger charge is 2.40. The Morgan fingerprint density at radius 3 is 2.53 bits per heavy atom. The van der Waals surface area contributed by atoms with Gasteiger partial charge in [0, 0.05) is 6.42 Å². The Morgan fingerprint density at radius 1 is 1.47 bits per heavy atom. The Kier molecular flexibility index (Phi) is 2.93. The SMILES string of the molecule is Cc1c(Cl)c(C(F)(F)F)nn1C1CCCC1=O. The molecule has 1 fully saturated rings. The number of hydrogen-bond acceptors (Lipinski definition) is 2. The summed E-state index contributed by atoms with van der Waals surface area (Å²) in [5, 5.41) is 3.03. The van der Waals surface area contributed by atoms with E-state index in [1.165, 1.54) is 6.92 Å². The van der Waals surface area contributed by atoms with Gasteiger partial charge in [-0.1, -0.05) is 11.6 Å². The van der Waals surface area contributed by atoms with Crippen LogP contribution in [0.2, 0.25) is 5.02 Å². The molecule has 17 heavy (non-hydrogen) atoms. The number of carbonyl (C=O) groups excluding carboxylic acids is 1. The summed E-state index contributed by atoms with van der Waals surface area (Å²) in [6, 6.07) is -0.594. The van der Waals surface area contributed by atoms with E-state index in [0.717, 1.165) is 4.68 Å². The molecule has 0 spiro atoms. The number of rotatable bonds is 1. The Labute approximate surface area is 101 Å². The summed E-state index contributed by atoms with van der Waals surface area (Å²) in [4.78, 5) is 11.5. The van der Waals surface area contributed by atoms with Gasteiger partial charge in [0.15, 0.2) is 11.5 Å². The fraction of sp³-hybridized carbons (Fsp3) is 0.600. The lowest BCUT2D eigenvalue weighted by Gasteiger charge is -2.10. The van der Waals surface area contributed by atoms with Crippen LogP contribution in [0.1, 0.15) is 36.7 Å². The van der Waals surface area contributed by atoms with Gasteiger partial charge in [-0.3, -0.25) is 9.48 Å². The second-order valence-corrected chi connectivity index (χ2v) is 4.44. The number of carbonyl (C=O) groups is 1. The largest absolute Gasteiger partial charge is 0.436 e. The van der Waals surface area contributed by atoms with E-state index in [2.05, 4.69) is 5.10 Å². The number of hydrogen-bond donors (Lipinski definition) is 0. The molecule has 3 nitrogen and oxygen atoms in total. The van der Waals surface area contributed by atoms with E-state index in [1.807, 2.05) is 0 Å². The van der Waals surface area contributed by atoms with Gasteiger partial charge in [0.2, 0.25) is 0 Å². The first-order valence-electron chi connectivity index (χ1n) is 5.17. The summed E-state index contributed by atoms with van der Waals surface area (Å²) >= 11 is 5.61.